The van der Waals surface area contributed by atoms with E-state index < -0.39 is 17.9 Å². The summed E-state index contributed by atoms with van der Waals surface area (Å²) in [6.07, 6.45) is 5.64. The number of rotatable bonds is 4. The molecule has 7 heteroatoms. The molecule has 2 aromatic rings. The Morgan fingerprint density at radius 3 is 2.61 bits per heavy atom. The van der Waals surface area contributed by atoms with Crippen molar-refractivity contribution in [1.82, 2.24) is 4.90 Å². The van der Waals surface area contributed by atoms with Gasteiger partial charge in [0.15, 0.2) is 5.78 Å². The van der Waals surface area contributed by atoms with Crippen molar-refractivity contribution in [3.8, 4) is 0 Å². The van der Waals surface area contributed by atoms with Crippen molar-refractivity contribution in [1.29, 1.82) is 0 Å². The molecule has 3 saturated heterocycles. The summed E-state index contributed by atoms with van der Waals surface area (Å²) in [5, 5.41) is 0. The third-order valence-electron chi connectivity index (χ3n) is 7.30. The van der Waals surface area contributed by atoms with E-state index >= 15 is 0 Å². The van der Waals surface area contributed by atoms with Crippen molar-refractivity contribution in [3.05, 3.63) is 70.2 Å². The molecule has 4 heterocycles. The summed E-state index contributed by atoms with van der Waals surface area (Å²) >= 11 is 3.51. The highest BCUT2D eigenvalue weighted by molar-refractivity contribution is 9.10. The molecule has 4 aliphatic heterocycles. The van der Waals surface area contributed by atoms with Gasteiger partial charge in [-0.05, 0) is 36.6 Å². The van der Waals surface area contributed by atoms with E-state index in [2.05, 4.69) is 15.9 Å². The van der Waals surface area contributed by atoms with Gasteiger partial charge in [-0.25, -0.2) is 0 Å². The predicted octanol–water partition coefficient (Wildman–Crippen LogP) is 3.70. The van der Waals surface area contributed by atoms with Crippen molar-refractivity contribution in [2.45, 2.75) is 31.0 Å². The van der Waals surface area contributed by atoms with Crippen LogP contribution in [0.25, 0.3) is 6.08 Å². The van der Waals surface area contributed by atoms with Crippen LogP contribution in [0.15, 0.2) is 59.1 Å². The second-order valence-electron chi connectivity index (χ2n) is 9.11. The number of ether oxygens (including phenoxy) is 1. The lowest BCUT2D eigenvalue weighted by atomic mass is 9.86. The molecule has 33 heavy (non-hydrogen) atoms. The molecule has 0 aliphatic carbocycles. The quantitative estimate of drug-likeness (QED) is 0.467. The van der Waals surface area contributed by atoms with Crippen molar-refractivity contribution in [2.24, 2.45) is 11.8 Å². The van der Waals surface area contributed by atoms with Crippen molar-refractivity contribution in [3.63, 3.8) is 0 Å². The number of anilines is 1. The smallest absolute Gasteiger partial charge is 0.235 e. The second kappa shape index (κ2) is 7.92. The lowest BCUT2D eigenvalue weighted by Crippen LogP contribution is -2.49. The fourth-order valence-electron chi connectivity index (χ4n) is 5.85. The average molecular weight is 507 g/mol. The first kappa shape index (κ1) is 20.8. The number of ketones is 1. The summed E-state index contributed by atoms with van der Waals surface area (Å²) < 4.78 is 6.63. The van der Waals surface area contributed by atoms with E-state index in [1.54, 1.807) is 12.1 Å². The lowest BCUT2D eigenvalue weighted by molar-refractivity contribution is -0.142. The number of likely N-dealkylation sites (tertiary alicyclic amines) is 1. The number of carbonyl (C=O) groups is 3. The maximum Gasteiger partial charge on any atom is 0.235 e. The summed E-state index contributed by atoms with van der Waals surface area (Å²) in [6, 6.07) is 13.9. The van der Waals surface area contributed by atoms with Gasteiger partial charge in [0.2, 0.25) is 11.8 Å². The molecule has 3 fully saturated rings. The highest BCUT2D eigenvalue weighted by Crippen LogP contribution is 2.49. The van der Waals surface area contributed by atoms with Gasteiger partial charge < -0.3 is 9.64 Å². The zero-order valence-corrected chi connectivity index (χ0v) is 19.5. The Hall–Kier alpha value is -2.77. The number of hydrogen-bond donors (Lipinski definition) is 0. The van der Waals surface area contributed by atoms with Gasteiger partial charge in [-0.1, -0.05) is 58.4 Å². The van der Waals surface area contributed by atoms with E-state index in [4.69, 9.17) is 4.74 Å². The topological polar surface area (TPSA) is 66.9 Å². The minimum atomic E-state index is -0.738. The zero-order chi connectivity index (χ0) is 22.7. The molecule has 6 nitrogen and oxygen atoms in total. The van der Waals surface area contributed by atoms with Crippen LogP contribution in [-0.2, 0) is 14.3 Å². The molecular formula is C26H23BrN2O4. The lowest BCUT2D eigenvalue weighted by Gasteiger charge is -2.36. The Labute approximate surface area is 200 Å². The van der Waals surface area contributed by atoms with Crippen LogP contribution in [0.3, 0.4) is 0 Å². The fourth-order valence-corrected chi connectivity index (χ4v) is 6.23. The standard InChI is InChI=1S/C26H23BrN2O4/c27-17-9-11-19-16(13-17)8-10-20-21-22(23(29(19)20)24(30)15-5-2-1-3-6-15)26(32)28(25(21)31)14-18-7-4-12-33-18/h1-3,5-6,8-11,13,18,20-23H,4,7,12,14H2/t18-,20+,21+,22-,23-/m0/s1. The van der Waals surface area contributed by atoms with E-state index in [0.29, 0.717) is 12.2 Å². The van der Waals surface area contributed by atoms with Gasteiger partial charge in [-0.2, -0.15) is 0 Å². The van der Waals surface area contributed by atoms with Gasteiger partial charge in [0.25, 0.3) is 0 Å². The zero-order valence-electron chi connectivity index (χ0n) is 17.9. The van der Waals surface area contributed by atoms with Gasteiger partial charge in [-0.15, -0.1) is 0 Å². The molecule has 0 spiro atoms. The number of fused-ring (bicyclic) bond motifs is 5. The third kappa shape index (κ3) is 3.21. The molecule has 0 radical (unpaired) electrons. The molecule has 168 valence electrons. The van der Waals surface area contributed by atoms with E-state index in [-0.39, 0.29) is 36.3 Å². The summed E-state index contributed by atoms with van der Waals surface area (Å²) in [4.78, 5) is 44.5. The molecule has 2 amide bonds. The number of amides is 2. The Kier molecular flexibility index (Phi) is 4.99. The van der Waals surface area contributed by atoms with Crippen LogP contribution < -0.4 is 4.90 Å². The normalized spacial score (nSPS) is 29.9. The van der Waals surface area contributed by atoms with Gasteiger partial charge >= 0.3 is 0 Å². The Bertz CT molecular complexity index is 1170. The molecule has 5 atom stereocenters. The summed E-state index contributed by atoms with van der Waals surface area (Å²) in [6.45, 7) is 0.936. The number of benzene rings is 2. The highest BCUT2D eigenvalue weighted by atomic mass is 79.9. The molecule has 0 aromatic heterocycles. The Morgan fingerprint density at radius 2 is 1.85 bits per heavy atom. The molecule has 0 saturated carbocycles. The number of carbonyl (C=O) groups excluding carboxylic acids is 3. The minimum absolute atomic E-state index is 0.115. The summed E-state index contributed by atoms with van der Waals surface area (Å²) in [5.41, 5.74) is 2.39. The monoisotopic (exact) mass is 506 g/mol. The van der Waals surface area contributed by atoms with Crippen LogP contribution in [0.2, 0.25) is 0 Å². The molecule has 0 N–H and O–H groups in total. The summed E-state index contributed by atoms with van der Waals surface area (Å²) in [7, 11) is 0. The molecule has 0 unspecified atom stereocenters. The molecule has 6 rings (SSSR count). The fraction of sp³-hybridized carbons (Fsp3) is 0.346. The van der Waals surface area contributed by atoms with Crippen LogP contribution in [0.1, 0.15) is 28.8 Å². The molecular weight excluding hydrogens is 484 g/mol. The van der Waals surface area contributed by atoms with Crippen LogP contribution >= 0.6 is 15.9 Å². The number of halogens is 1. The predicted molar refractivity (Wildman–Crippen MR) is 127 cm³/mol. The number of imide groups is 1. The van der Waals surface area contributed by atoms with Crippen molar-refractivity contribution < 1.29 is 19.1 Å². The number of hydrogen-bond acceptors (Lipinski definition) is 5. The molecule has 2 aromatic carbocycles. The van der Waals surface area contributed by atoms with E-state index in [1.165, 1.54) is 4.90 Å². The number of Topliss-reactive ketones (excluding diaryl/α,β-unsaturated/α-hetero) is 1. The first-order valence-corrected chi connectivity index (χ1v) is 12.2. The van der Waals surface area contributed by atoms with Crippen molar-refractivity contribution >= 4 is 45.3 Å². The first-order valence-electron chi connectivity index (χ1n) is 11.4. The second-order valence-corrected chi connectivity index (χ2v) is 10.0. The van der Waals surface area contributed by atoms with Crippen LogP contribution in [0, 0.1) is 11.8 Å². The first-order chi connectivity index (χ1) is 16.0. The molecule has 4 aliphatic rings. The van der Waals surface area contributed by atoms with Gasteiger partial charge in [-0.3, -0.25) is 19.3 Å². The van der Waals surface area contributed by atoms with Gasteiger partial charge in [0.1, 0.15) is 6.04 Å². The maximum atomic E-state index is 13.8. The van der Waals surface area contributed by atoms with E-state index in [0.717, 1.165) is 28.6 Å². The van der Waals surface area contributed by atoms with Crippen molar-refractivity contribution in [2.75, 3.05) is 18.1 Å². The SMILES string of the molecule is O=C(c1ccccc1)[C@@H]1[C@H]2C(=O)N(C[C@@H]3CCCO3)C(=O)[C@@H]2[C@H]2C=Cc3cc(Br)ccc3N21. The Balaban J connectivity index is 1.44. The van der Waals surface area contributed by atoms with Gasteiger partial charge in [0.05, 0.1) is 30.5 Å². The van der Waals surface area contributed by atoms with E-state index in [9.17, 15) is 14.4 Å². The average Bonchev–Trinajstić information content (AvgIpc) is 3.52. The van der Waals surface area contributed by atoms with Crippen LogP contribution in [-0.4, -0.2) is 53.8 Å². The maximum absolute atomic E-state index is 13.8. The molecule has 0 bridgehead atoms. The Morgan fingerprint density at radius 1 is 1.06 bits per heavy atom. The van der Waals surface area contributed by atoms with E-state index in [1.807, 2.05) is 53.5 Å². The van der Waals surface area contributed by atoms with Gasteiger partial charge in [0, 0.05) is 22.3 Å². The number of nitrogens with zero attached hydrogens (tertiary/aromatic N) is 2. The summed E-state index contributed by atoms with van der Waals surface area (Å²) in [5.74, 6) is -1.86. The van der Waals surface area contributed by atoms with Crippen LogP contribution in [0.5, 0.6) is 0 Å². The largest absolute Gasteiger partial charge is 0.376 e. The highest BCUT2D eigenvalue weighted by Gasteiger charge is 2.64. The minimum Gasteiger partial charge on any atom is -0.376 e. The third-order valence-corrected chi connectivity index (χ3v) is 7.79. The van der Waals surface area contributed by atoms with Crippen LogP contribution in [0.4, 0.5) is 5.69 Å².